The number of hydrogen-bond acceptors (Lipinski definition) is 5. The lowest BCUT2D eigenvalue weighted by molar-refractivity contribution is -0.124. The fourth-order valence-electron chi connectivity index (χ4n) is 2.65. The molecule has 8 heteroatoms. The van der Waals surface area contributed by atoms with Crippen molar-refractivity contribution in [1.29, 1.82) is 0 Å². The number of nitrogens with one attached hydrogen (secondary N) is 1. The molecule has 1 aliphatic heterocycles. The minimum atomic E-state index is -0.284. The number of aryl methyl sites for hydroxylation is 1. The van der Waals surface area contributed by atoms with Gasteiger partial charge in [-0.2, -0.15) is 0 Å². The van der Waals surface area contributed by atoms with Crippen molar-refractivity contribution in [3.05, 3.63) is 47.8 Å². The Balaban J connectivity index is 1.49. The number of nitrogens with zero attached hydrogens (tertiary/aromatic N) is 4. The van der Waals surface area contributed by atoms with Gasteiger partial charge in [0.1, 0.15) is 18.2 Å². The minimum Gasteiger partial charge on any atom is -0.368 e. The van der Waals surface area contributed by atoms with Crippen LogP contribution in [-0.2, 0) is 23.1 Å². The lowest BCUT2D eigenvalue weighted by Gasteiger charge is -2.31. The number of amides is 1. The normalized spacial score (nSPS) is 18.5. The molecule has 1 N–H and O–H groups in total. The Morgan fingerprint density at radius 2 is 2.21 bits per heavy atom. The molecule has 0 radical (unpaired) electrons. The molecule has 2 heterocycles. The van der Waals surface area contributed by atoms with E-state index in [1.807, 2.05) is 16.5 Å². The van der Waals surface area contributed by atoms with Crippen LogP contribution >= 0.6 is 0 Å². The third-order valence-corrected chi connectivity index (χ3v) is 3.96. The molecule has 1 amide bonds. The van der Waals surface area contributed by atoms with Gasteiger partial charge >= 0.3 is 0 Å². The molecule has 0 bridgehead atoms. The van der Waals surface area contributed by atoms with Crippen LogP contribution in [0.25, 0.3) is 0 Å². The van der Waals surface area contributed by atoms with E-state index in [2.05, 4.69) is 15.5 Å². The molecule has 2 aromatic rings. The molecule has 1 aromatic heterocycles. The molecular formula is C16H20FN5O2. The van der Waals surface area contributed by atoms with E-state index in [9.17, 15) is 9.18 Å². The molecule has 1 atom stereocenters. The first-order chi connectivity index (χ1) is 11.6. The predicted molar refractivity (Wildman–Crippen MR) is 84.4 cm³/mol. The highest BCUT2D eigenvalue weighted by atomic mass is 19.1. The van der Waals surface area contributed by atoms with Crippen molar-refractivity contribution in [3.63, 3.8) is 0 Å². The number of rotatable bonds is 5. The Labute approximate surface area is 139 Å². The summed E-state index contributed by atoms with van der Waals surface area (Å²) in [6.45, 7) is 2.51. The highest BCUT2D eigenvalue weighted by Gasteiger charge is 2.26. The zero-order chi connectivity index (χ0) is 16.9. The highest BCUT2D eigenvalue weighted by molar-refractivity contribution is 5.78. The number of carbonyl (C=O) groups excluding carboxylic acids is 1. The number of ether oxygens (including phenoxy) is 1. The second-order valence-electron chi connectivity index (χ2n) is 5.80. The van der Waals surface area contributed by atoms with E-state index in [0.29, 0.717) is 32.8 Å². The summed E-state index contributed by atoms with van der Waals surface area (Å²) in [5.74, 6) is 0.401. The van der Waals surface area contributed by atoms with Crippen LogP contribution in [0, 0.1) is 5.82 Å². The van der Waals surface area contributed by atoms with Gasteiger partial charge in [0.15, 0.2) is 5.82 Å². The van der Waals surface area contributed by atoms with E-state index in [1.54, 1.807) is 18.5 Å². The maximum atomic E-state index is 12.9. The summed E-state index contributed by atoms with van der Waals surface area (Å²) in [4.78, 5) is 14.1. The van der Waals surface area contributed by atoms with Crippen molar-refractivity contribution in [2.45, 2.75) is 12.6 Å². The van der Waals surface area contributed by atoms with E-state index < -0.39 is 0 Å². The van der Waals surface area contributed by atoms with E-state index >= 15 is 0 Å². The van der Waals surface area contributed by atoms with Crippen LogP contribution < -0.4 is 5.32 Å². The van der Waals surface area contributed by atoms with E-state index in [4.69, 9.17) is 4.74 Å². The molecule has 3 rings (SSSR count). The molecule has 1 saturated heterocycles. The Morgan fingerprint density at radius 3 is 2.92 bits per heavy atom. The quantitative estimate of drug-likeness (QED) is 0.870. The molecule has 7 nitrogen and oxygen atoms in total. The number of carbonyl (C=O) groups is 1. The van der Waals surface area contributed by atoms with Crippen molar-refractivity contribution in [3.8, 4) is 0 Å². The molecule has 24 heavy (non-hydrogen) atoms. The number of hydrogen-bond donors (Lipinski definition) is 1. The first-order valence-electron chi connectivity index (χ1n) is 7.81. The molecule has 0 aliphatic carbocycles. The maximum absolute atomic E-state index is 12.9. The van der Waals surface area contributed by atoms with Crippen molar-refractivity contribution >= 4 is 5.91 Å². The molecule has 1 aliphatic rings. The van der Waals surface area contributed by atoms with Gasteiger partial charge in [0.2, 0.25) is 5.91 Å². The van der Waals surface area contributed by atoms with E-state index in [0.717, 1.165) is 11.4 Å². The molecule has 0 saturated carbocycles. The SMILES string of the molecule is Cn1cnnc1[C@@H]1CN(CC(=O)NCc2ccc(F)cc2)CCO1. The van der Waals surface area contributed by atoms with Crippen molar-refractivity contribution in [2.75, 3.05) is 26.2 Å². The zero-order valence-corrected chi connectivity index (χ0v) is 13.5. The van der Waals surface area contributed by atoms with Crippen LogP contribution in [0.2, 0.25) is 0 Å². The maximum Gasteiger partial charge on any atom is 0.234 e. The van der Waals surface area contributed by atoms with Crippen LogP contribution in [0.15, 0.2) is 30.6 Å². The lowest BCUT2D eigenvalue weighted by Crippen LogP contribution is -2.44. The molecule has 1 aromatic carbocycles. The summed E-state index contributed by atoms with van der Waals surface area (Å²) in [5.41, 5.74) is 0.865. The van der Waals surface area contributed by atoms with Gasteiger partial charge in [-0.05, 0) is 17.7 Å². The molecular weight excluding hydrogens is 313 g/mol. The van der Waals surface area contributed by atoms with Gasteiger partial charge in [0.25, 0.3) is 0 Å². The Hall–Kier alpha value is -2.32. The highest BCUT2D eigenvalue weighted by Crippen LogP contribution is 2.19. The van der Waals surface area contributed by atoms with Crippen molar-refractivity contribution < 1.29 is 13.9 Å². The largest absolute Gasteiger partial charge is 0.368 e. The smallest absolute Gasteiger partial charge is 0.234 e. The summed E-state index contributed by atoms with van der Waals surface area (Å²) >= 11 is 0. The van der Waals surface area contributed by atoms with Crippen LogP contribution in [0.4, 0.5) is 4.39 Å². The van der Waals surface area contributed by atoms with Crippen LogP contribution in [0.5, 0.6) is 0 Å². The summed E-state index contributed by atoms with van der Waals surface area (Å²) in [5, 5.41) is 10.8. The monoisotopic (exact) mass is 333 g/mol. The second-order valence-corrected chi connectivity index (χ2v) is 5.80. The van der Waals surface area contributed by atoms with Gasteiger partial charge in [-0.3, -0.25) is 9.69 Å². The molecule has 1 fully saturated rings. The van der Waals surface area contributed by atoms with Crippen LogP contribution in [-0.4, -0.2) is 51.8 Å². The number of halogens is 1. The van der Waals surface area contributed by atoms with Crippen molar-refractivity contribution in [1.82, 2.24) is 25.0 Å². The van der Waals surface area contributed by atoms with Gasteiger partial charge < -0.3 is 14.6 Å². The topological polar surface area (TPSA) is 72.3 Å². The van der Waals surface area contributed by atoms with Gasteiger partial charge in [-0.1, -0.05) is 12.1 Å². The van der Waals surface area contributed by atoms with Crippen LogP contribution in [0.3, 0.4) is 0 Å². The summed E-state index contributed by atoms with van der Waals surface area (Å²) in [6.07, 6.45) is 1.45. The lowest BCUT2D eigenvalue weighted by atomic mass is 10.2. The Kier molecular flexibility index (Phi) is 5.17. The van der Waals surface area contributed by atoms with Gasteiger partial charge in [0.05, 0.1) is 13.2 Å². The number of morpholine rings is 1. The molecule has 0 unspecified atom stereocenters. The van der Waals surface area contributed by atoms with Gasteiger partial charge in [-0.25, -0.2) is 4.39 Å². The number of aromatic nitrogens is 3. The Morgan fingerprint density at radius 1 is 1.42 bits per heavy atom. The van der Waals surface area contributed by atoms with E-state index in [-0.39, 0.29) is 17.8 Å². The summed E-state index contributed by atoms with van der Waals surface area (Å²) in [7, 11) is 1.87. The zero-order valence-electron chi connectivity index (χ0n) is 13.5. The average Bonchev–Trinajstić information content (AvgIpc) is 3.01. The minimum absolute atomic E-state index is 0.0714. The third kappa shape index (κ3) is 4.15. The predicted octanol–water partition coefficient (Wildman–Crippen LogP) is 0.644. The third-order valence-electron chi connectivity index (χ3n) is 3.96. The van der Waals surface area contributed by atoms with E-state index in [1.165, 1.54) is 12.1 Å². The first-order valence-corrected chi connectivity index (χ1v) is 7.81. The molecule has 0 spiro atoms. The fraction of sp³-hybridized carbons (Fsp3) is 0.438. The fourth-order valence-corrected chi connectivity index (χ4v) is 2.65. The molecule has 128 valence electrons. The summed E-state index contributed by atoms with van der Waals surface area (Å²) in [6, 6.07) is 6.09. The second kappa shape index (κ2) is 7.50. The first kappa shape index (κ1) is 16.5. The van der Waals surface area contributed by atoms with Gasteiger partial charge in [-0.15, -0.1) is 10.2 Å². The van der Waals surface area contributed by atoms with Crippen LogP contribution in [0.1, 0.15) is 17.5 Å². The van der Waals surface area contributed by atoms with Gasteiger partial charge in [0, 0.05) is 26.7 Å². The summed E-state index contributed by atoms with van der Waals surface area (Å²) < 4.78 is 20.4. The Bertz CT molecular complexity index is 688. The average molecular weight is 333 g/mol. The number of benzene rings is 1. The van der Waals surface area contributed by atoms with Crippen molar-refractivity contribution in [2.24, 2.45) is 7.05 Å². The standard InChI is InChI=1S/C16H20FN5O2/c1-21-11-19-20-16(21)14-9-22(6-7-24-14)10-15(23)18-8-12-2-4-13(17)5-3-12/h2-5,11,14H,6-10H2,1H3,(H,18,23)/t14-/m0/s1.